The lowest BCUT2D eigenvalue weighted by molar-refractivity contribution is -0.139. The van der Waals surface area contributed by atoms with Crippen LogP contribution < -0.4 is 14.2 Å². The zero-order chi connectivity index (χ0) is 30.6. The van der Waals surface area contributed by atoms with E-state index >= 15 is 0 Å². The Morgan fingerprint density at radius 3 is 2.64 bits per heavy atom. The number of imidazole rings is 1. The smallest absolute Gasteiger partial charge is 0.295 e. The van der Waals surface area contributed by atoms with Gasteiger partial charge in [0.1, 0.15) is 24.2 Å². The third kappa shape index (κ3) is 5.90. The number of rotatable bonds is 11. The van der Waals surface area contributed by atoms with Gasteiger partial charge in [0, 0.05) is 37.5 Å². The highest BCUT2D eigenvalue weighted by molar-refractivity contribution is 6.46. The molecule has 0 spiro atoms. The van der Waals surface area contributed by atoms with Crippen molar-refractivity contribution in [3.05, 3.63) is 113 Å². The Kier molecular flexibility index (Phi) is 8.36. The number of amides is 1. The molecule has 44 heavy (non-hydrogen) atoms. The van der Waals surface area contributed by atoms with E-state index in [1.165, 1.54) is 0 Å². The predicted molar refractivity (Wildman–Crippen MR) is 164 cm³/mol. The van der Waals surface area contributed by atoms with Crippen LogP contribution >= 0.6 is 0 Å². The van der Waals surface area contributed by atoms with Gasteiger partial charge in [-0.2, -0.15) is 0 Å². The van der Waals surface area contributed by atoms with Gasteiger partial charge >= 0.3 is 0 Å². The van der Waals surface area contributed by atoms with Crippen LogP contribution in [0.2, 0.25) is 0 Å². The number of nitrogens with zero attached hydrogens (tertiary/aromatic N) is 3. The Morgan fingerprint density at radius 1 is 1.02 bits per heavy atom. The molecule has 2 atom stereocenters. The second kappa shape index (κ2) is 12.7. The third-order valence-corrected chi connectivity index (χ3v) is 7.90. The zero-order valence-electron chi connectivity index (χ0n) is 24.8. The van der Waals surface area contributed by atoms with Gasteiger partial charge in [-0.05, 0) is 67.3 Å². The van der Waals surface area contributed by atoms with E-state index in [9.17, 15) is 14.7 Å². The number of fused-ring (bicyclic) bond motifs is 1. The Morgan fingerprint density at radius 2 is 1.86 bits per heavy atom. The fourth-order valence-corrected chi connectivity index (χ4v) is 5.84. The van der Waals surface area contributed by atoms with E-state index in [0.29, 0.717) is 61.8 Å². The summed E-state index contributed by atoms with van der Waals surface area (Å²) < 4.78 is 19.8. The average molecular weight is 594 g/mol. The summed E-state index contributed by atoms with van der Waals surface area (Å²) in [5.74, 6) is 0.219. The number of ether oxygens (including phenoxy) is 3. The van der Waals surface area contributed by atoms with Crippen molar-refractivity contribution in [2.24, 2.45) is 0 Å². The highest BCUT2D eigenvalue weighted by atomic mass is 16.5. The number of carbonyl (C=O) groups is 2. The highest BCUT2D eigenvalue weighted by Crippen LogP contribution is 2.43. The summed E-state index contributed by atoms with van der Waals surface area (Å²) in [5.41, 5.74) is 3.12. The molecule has 0 aliphatic carbocycles. The number of ketones is 1. The molecule has 0 saturated carbocycles. The van der Waals surface area contributed by atoms with Crippen LogP contribution in [-0.4, -0.2) is 50.5 Å². The topological polar surface area (TPSA) is 103 Å². The first-order valence-electron chi connectivity index (χ1n) is 14.9. The van der Waals surface area contributed by atoms with Crippen LogP contribution in [0, 0.1) is 0 Å². The highest BCUT2D eigenvalue weighted by Gasteiger charge is 2.46. The molecule has 0 radical (unpaired) electrons. The normalized spacial score (nSPS) is 18.7. The van der Waals surface area contributed by atoms with E-state index in [0.717, 1.165) is 16.9 Å². The first-order valence-corrected chi connectivity index (χ1v) is 14.9. The summed E-state index contributed by atoms with van der Waals surface area (Å²) in [5, 5.41) is 11.6. The third-order valence-electron chi connectivity index (χ3n) is 7.90. The molecule has 9 nitrogen and oxygen atoms in total. The Balaban J connectivity index is 1.37. The van der Waals surface area contributed by atoms with Crippen molar-refractivity contribution >= 4 is 17.4 Å². The number of carbonyl (C=O) groups excluding carboxylic acids is 2. The molecule has 0 bridgehead atoms. The van der Waals surface area contributed by atoms with Crippen molar-refractivity contribution in [2.45, 2.75) is 52.0 Å². The minimum Gasteiger partial charge on any atom is -0.507 e. The summed E-state index contributed by atoms with van der Waals surface area (Å²) in [6.45, 7) is 5.54. The largest absolute Gasteiger partial charge is 0.507 e. The van der Waals surface area contributed by atoms with Crippen molar-refractivity contribution in [3.8, 4) is 17.2 Å². The van der Waals surface area contributed by atoms with Crippen LogP contribution in [-0.2, 0) is 29.2 Å². The van der Waals surface area contributed by atoms with Crippen molar-refractivity contribution in [3.63, 3.8) is 0 Å². The van der Waals surface area contributed by atoms with Gasteiger partial charge in [0.05, 0.1) is 24.5 Å². The molecule has 1 aromatic heterocycles. The first-order chi connectivity index (χ1) is 21.4. The molecule has 4 aromatic rings. The number of aromatic nitrogens is 2. The number of likely N-dealkylation sites (tertiary alicyclic amines) is 1. The quantitative estimate of drug-likeness (QED) is 0.135. The first kappa shape index (κ1) is 29.0. The zero-order valence-corrected chi connectivity index (χ0v) is 24.8. The summed E-state index contributed by atoms with van der Waals surface area (Å²) in [7, 11) is 0. The molecule has 9 heteroatoms. The van der Waals surface area contributed by atoms with Gasteiger partial charge in [-0.1, -0.05) is 36.4 Å². The Bertz CT molecular complexity index is 1680. The molecule has 6 rings (SSSR count). The van der Waals surface area contributed by atoms with E-state index < -0.39 is 17.7 Å². The van der Waals surface area contributed by atoms with Gasteiger partial charge in [0.15, 0.2) is 11.5 Å². The number of hydrogen-bond donors (Lipinski definition) is 1. The van der Waals surface area contributed by atoms with E-state index in [-0.39, 0.29) is 17.4 Å². The minimum atomic E-state index is -0.816. The molecular weight excluding hydrogens is 558 g/mol. The summed E-state index contributed by atoms with van der Waals surface area (Å²) in [4.78, 5) is 32.8. The van der Waals surface area contributed by atoms with Gasteiger partial charge in [-0.15, -0.1) is 0 Å². The van der Waals surface area contributed by atoms with E-state index in [1.807, 2.05) is 67.1 Å². The maximum atomic E-state index is 13.6. The standard InChI is InChI=1S/C35H35N3O6/c1-3-42-30-20-25(10-13-29(30)43-21-24-8-5-4-6-9-24)32-31(33(39)26-11-12-28-27(19-26)18-23(2)44-28)34(40)35(41)38(32)16-7-15-37-17-14-36-22-37/h4-6,8-14,17,19-20,22-23,32,39H,3,7,15-16,18,21H2,1-2H3/t23-,32-/m0/s1. The molecular formula is C35H35N3O6. The van der Waals surface area contributed by atoms with Crippen molar-refractivity contribution in [2.75, 3.05) is 13.2 Å². The van der Waals surface area contributed by atoms with Gasteiger partial charge < -0.3 is 28.8 Å². The van der Waals surface area contributed by atoms with Crippen LogP contribution in [0.25, 0.3) is 5.76 Å². The molecule has 1 saturated heterocycles. The molecule has 1 N–H and O–H groups in total. The molecule has 3 heterocycles. The SMILES string of the molecule is CCOc1cc([C@H]2C(=C(O)c3ccc4c(c3)C[C@H](C)O4)C(=O)C(=O)N2CCCn2ccnc2)ccc1OCc1ccccc1. The fourth-order valence-electron chi connectivity index (χ4n) is 5.84. The molecule has 3 aromatic carbocycles. The van der Waals surface area contributed by atoms with Crippen LogP contribution in [0.3, 0.4) is 0 Å². The van der Waals surface area contributed by atoms with E-state index in [2.05, 4.69) is 4.98 Å². The minimum absolute atomic E-state index is 0.0306. The van der Waals surface area contributed by atoms with Gasteiger partial charge in [0.25, 0.3) is 11.7 Å². The number of aryl methyl sites for hydroxylation is 1. The Hall–Kier alpha value is -5.05. The molecule has 1 fully saturated rings. The average Bonchev–Trinajstić information content (AvgIpc) is 3.75. The van der Waals surface area contributed by atoms with Crippen LogP contribution in [0.15, 0.2) is 91.0 Å². The lowest BCUT2D eigenvalue weighted by Gasteiger charge is -2.26. The molecule has 1 amide bonds. The predicted octanol–water partition coefficient (Wildman–Crippen LogP) is 5.70. The van der Waals surface area contributed by atoms with Gasteiger partial charge in [-0.25, -0.2) is 4.98 Å². The maximum Gasteiger partial charge on any atom is 0.295 e. The van der Waals surface area contributed by atoms with Crippen molar-refractivity contribution in [1.82, 2.24) is 14.5 Å². The van der Waals surface area contributed by atoms with Crippen molar-refractivity contribution < 1.29 is 28.9 Å². The lowest BCUT2D eigenvalue weighted by atomic mass is 9.94. The van der Waals surface area contributed by atoms with Crippen LogP contribution in [0.4, 0.5) is 0 Å². The summed E-state index contributed by atoms with van der Waals surface area (Å²) >= 11 is 0. The second-order valence-electron chi connectivity index (χ2n) is 11.0. The summed E-state index contributed by atoms with van der Waals surface area (Å²) in [6.07, 6.45) is 6.59. The molecule has 2 aliphatic rings. The van der Waals surface area contributed by atoms with Gasteiger partial charge in [0.2, 0.25) is 0 Å². The van der Waals surface area contributed by atoms with Crippen LogP contribution in [0.5, 0.6) is 17.2 Å². The lowest BCUT2D eigenvalue weighted by Crippen LogP contribution is -2.31. The second-order valence-corrected chi connectivity index (χ2v) is 11.0. The number of hydrogen-bond acceptors (Lipinski definition) is 7. The number of benzene rings is 3. The fraction of sp³-hybridized carbons (Fsp3) is 0.286. The summed E-state index contributed by atoms with van der Waals surface area (Å²) in [6, 6.07) is 19.8. The molecule has 226 valence electrons. The number of aliphatic hydroxyl groups is 1. The van der Waals surface area contributed by atoms with E-state index in [4.69, 9.17) is 14.2 Å². The van der Waals surface area contributed by atoms with Crippen molar-refractivity contribution in [1.29, 1.82) is 0 Å². The van der Waals surface area contributed by atoms with Gasteiger partial charge in [-0.3, -0.25) is 9.59 Å². The van der Waals surface area contributed by atoms with Crippen LogP contribution in [0.1, 0.15) is 48.6 Å². The molecule has 0 unspecified atom stereocenters. The molecule has 2 aliphatic heterocycles. The Labute approximate surface area is 256 Å². The maximum absolute atomic E-state index is 13.6. The number of Topliss-reactive ketones (excluding diaryl/α,β-unsaturated/α-hetero) is 1. The monoisotopic (exact) mass is 593 g/mol. The number of aliphatic hydroxyl groups excluding tert-OH is 1. The van der Waals surface area contributed by atoms with E-state index in [1.54, 1.807) is 41.7 Å².